The van der Waals surface area contributed by atoms with E-state index in [4.69, 9.17) is 16.3 Å². The van der Waals surface area contributed by atoms with Crippen molar-refractivity contribution < 1.29 is 14.3 Å². The second-order valence-corrected chi connectivity index (χ2v) is 4.62. The Labute approximate surface area is 108 Å². The first-order valence-electron chi connectivity index (χ1n) is 6.41. The first kappa shape index (κ1) is 14.7. The molecule has 0 saturated carbocycles. The van der Waals surface area contributed by atoms with Crippen molar-refractivity contribution in [3.05, 3.63) is 0 Å². The van der Waals surface area contributed by atoms with E-state index >= 15 is 0 Å². The molecule has 0 amide bonds. The highest BCUT2D eigenvalue weighted by atomic mass is 35.5. The lowest BCUT2D eigenvalue weighted by molar-refractivity contribution is 0.0371. The Kier molecular flexibility index (Phi) is 8.40. The third-order valence-corrected chi connectivity index (χ3v) is 3.05. The monoisotopic (exact) mass is 263 g/mol. The van der Waals surface area contributed by atoms with Gasteiger partial charge in [-0.3, -0.25) is 4.90 Å². The van der Waals surface area contributed by atoms with Crippen molar-refractivity contribution in [2.24, 2.45) is 0 Å². The van der Waals surface area contributed by atoms with Gasteiger partial charge in [-0.05, 0) is 19.4 Å². The smallest absolute Gasteiger partial charge is 0.403 e. The summed E-state index contributed by atoms with van der Waals surface area (Å²) < 4.78 is 9.94. The lowest BCUT2D eigenvalue weighted by Crippen LogP contribution is -2.36. The summed E-state index contributed by atoms with van der Waals surface area (Å²) in [5.41, 5.74) is -0.697. The molecule has 0 aromatic carbocycles. The van der Waals surface area contributed by atoms with Gasteiger partial charge in [0.25, 0.3) is 0 Å². The van der Waals surface area contributed by atoms with Gasteiger partial charge in [-0.15, -0.1) is 0 Å². The van der Waals surface area contributed by atoms with E-state index in [0.717, 1.165) is 39.1 Å². The minimum absolute atomic E-state index is 0.450. The van der Waals surface area contributed by atoms with Crippen LogP contribution in [0.15, 0.2) is 0 Å². The Morgan fingerprint density at radius 3 is 2.47 bits per heavy atom. The number of ether oxygens (including phenoxy) is 2. The zero-order valence-corrected chi connectivity index (χ0v) is 11.1. The maximum Gasteiger partial charge on any atom is 0.403 e. The second-order valence-electron chi connectivity index (χ2n) is 4.31. The molecule has 0 unspecified atom stereocenters. The fourth-order valence-corrected chi connectivity index (χ4v) is 2.02. The number of rotatable bonds is 8. The number of nitrogens with zero attached hydrogens (tertiary/aromatic N) is 1. The van der Waals surface area contributed by atoms with Crippen LogP contribution < -0.4 is 0 Å². The molecule has 5 heteroatoms. The fraction of sp³-hybridized carbons (Fsp3) is 0.917. The number of unbranched alkanes of at least 4 members (excludes halogenated alkanes) is 4. The maximum absolute atomic E-state index is 10.3. The molecule has 1 saturated heterocycles. The summed E-state index contributed by atoms with van der Waals surface area (Å²) in [6, 6.07) is 0. The summed E-state index contributed by atoms with van der Waals surface area (Å²) in [5.74, 6) is 0. The summed E-state index contributed by atoms with van der Waals surface area (Å²) in [5, 5.41) is 0. The van der Waals surface area contributed by atoms with Crippen LogP contribution in [0.5, 0.6) is 0 Å². The molecule has 17 heavy (non-hydrogen) atoms. The Morgan fingerprint density at radius 2 is 1.76 bits per heavy atom. The number of carbonyl (C=O) groups is 1. The number of morpholine rings is 1. The van der Waals surface area contributed by atoms with E-state index in [1.54, 1.807) is 0 Å². The van der Waals surface area contributed by atoms with Crippen LogP contribution in [0.4, 0.5) is 4.79 Å². The summed E-state index contributed by atoms with van der Waals surface area (Å²) in [7, 11) is 0. The number of carbonyl (C=O) groups excluding carboxylic acids is 1. The SMILES string of the molecule is O=C(Cl)OCCCCCCCN1CCOCC1. The molecule has 0 aromatic rings. The number of hydrogen-bond acceptors (Lipinski definition) is 4. The first-order valence-corrected chi connectivity index (χ1v) is 6.79. The quantitative estimate of drug-likeness (QED) is 0.499. The van der Waals surface area contributed by atoms with Gasteiger partial charge in [-0.2, -0.15) is 0 Å². The van der Waals surface area contributed by atoms with E-state index in [-0.39, 0.29) is 0 Å². The third-order valence-electron chi connectivity index (χ3n) is 2.94. The van der Waals surface area contributed by atoms with Gasteiger partial charge in [0.15, 0.2) is 0 Å². The van der Waals surface area contributed by atoms with Gasteiger partial charge in [0.1, 0.15) is 0 Å². The standard InChI is InChI=1S/C12H22ClNO3/c13-12(15)17-9-5-3-1-2-4-6-14-7-10-16-11-8-14/h1-11H2. The average Bonchev–Trinajstić information content (AvgIpc) is 2.33. The average molecular weight is 264 g/mol. The predicted octanol–water partition coefficient (Wildman–Crippen LogP) is 2.64. The Balaban J connectivity index is 1.79. The molecule has 0 aromatic heterocycles. The molecule has 1 aliphatic heterocycles. The molecule has 1 fully saturated rings. The molecular weight excluding hydrogens is 242 g/mol. The van der Waals surface area contributed by atoms with E-state index in [1.165, 1.54) is 25.8 Å². The van der Waals surface area contributed by atoms with Crippen LogP contribution in [0.25, 0.3) is 0 Å². The number of halogens is 1. The topological polar surface area (TPSA) is 38.8 Å². The molecule has 100 valence electrons. The molecule has 1 heterocycles. The highest BCUT2D eigenvalue weighted by molar-refractivity contribution is 6.61. The Morgan fingerprint density at radius 1 is 1.12 bits per heavy atom. The highest BCUT2D eigenvalue weighted by Crippen LogP contribution is 2.06. The van der Waals surface area contributed by atoms with E-state index in [2.05, 4.69) is 9.64 Å². The molecule has 1 rings (SSSR count). The van der Waals surface area contributed by atoms with Crippen LogP contribution in [0.1, 0.15) is 32.1 Å². The largest absolute Gasteiger partial charge is 0.454 e. The van der Waals surface area contributed by atoms with Crippen molar-refractivity contribution in [1.29, 1.82) is 0 Å². The minimum atomic E-state index is -0.697. The predicted molar refractivity (Wildman–Crippen MR) is 67.5 cm³/mol. The van der Waals surface area contributed by atoms with Gasteiger partial charge in [-0.1, -0.05) is 19.3 Å². The fourth-order valence-electron chi connectivity index (χ4n) is 1.94. The van der Waals surface area contributed by atoms with Crippen LogP contribution in [0.2, 0.25) is 0 Å². The molecule has 0 atom stereocenters. The van der Waals surface area contributed by atoms with Gasteiger partial charge in [0, 0.05) is 24.7 Å². The molecule has 0 spiro atoms. The van der Waals surface area contributed by atoms with Gasteiger partial charge >= 0.3 is 5.43 Å². The first-order chi connectivity index (χ1) is 8.29. The molecule has 1 aliphatic rings. The molecule has 4 nitrogen and oxygen atoms in total. The van der Waals surface area contributed by atoms with Gasteiger partial charge in [0.05, 0.1) is 19.8 Å². The van der Waals surface area contributed by atoms with Crippen molar-refractivity contribution >= 4 is 17.0 Å². The molecule has 0 bridgehead atoms. The number of hydrogen-bond donors (Lipinski definition) is 0. The second kappa shape index (κ2) is 9.68. The van der Waals surface area contributed by atoms with Crippen molar-refractivity contribution in [2.75, 3.05) is 39.5 Å². The van der Waals surface area contributed by atoms with Crippen molar-refractivity contribution in [1.82, 2.24) is 4.90 Å². The Hall–Kier alpha value is -0.320. The van der Waals surface area contributed by atoms with Crippen LogP contribution in [-0.4, -0.2) is 49.8 Å². The van der Waals surface area contributed by atoms with Gasteiger partial charge in [-0.25, -0.2) is 4.79 Å². The lowest BCUT2D eigenvalue weighted by atomic mass is 10.1. The highest BCUT2D eigenvalue weighted by Gasteiger charge is 2.08. The van der Waals surface area contributed by atoms with Crippen molar-refractivity contribution in [3.63, 3.8) is 0 Å². The lowest BCUT2D eigenvalue weighted by Gasteiger charge is -2.26. The van der Waals surface area contributed by atoms with E-state index < -0.39 is 5.43 Å². The maximum atomic E-state index is 10.3. The zero-order valence-electron chi connectivity index (χ0n) is 10.3. The third kappa shape index (κ3) is 8.41. The van der Waals surface area contributed by atoms with Crippen molar-refractivity contribution in [2.45, 2.75) is 32.1 Å². The van der Waals surface area contributed by atoms with Crippen LogP contribution in [-0.2, 0) is 9.47 Å². The zero-order chi connectivity index (χ0) is 12.3. The summed E-state index contributed by atoms with van der Waals surface area (Å²) in [6.45, 7) is 5.54. The van der Waals surface area contributed by atoms with Crippen LogP contribution >= 0.6 is 11.6 Å². The van der Waals surface area contributed by atoms with Gasteiger partial charge < -0.3 is 9.47 Å². The Bertz CT molecular complexity index is 208. The minimum Gasteiger partial charge on any atom is -0.454 e. The molecule has 0 aliphatic carbocycles. The van der Waals surface area contributed by atoms with E-state index in [0.29, 0.717) is 6.61 Å². The van der Waals surface area contributed by atoms with Crippen LogP contribution in [0, 0.1) is 0 Å². The normalized spacial score (nSPS) is 17.0. The van der Waals surface area contributed by atoms with Gasteiger partial charge in [0.2, 0.25) is 0 Å². The molecule has 0 N–H and O–H groups in total. The molecule has 0 radical (unpaired) electrons. The molecular formula is C12H22ClNO3. The summed E-state index contributed by atoms with van der Waals surface area (Å²) >= 11 is 5.05. The van der Waals surface area contributed by atoms with Crippen LogP contribution in [0.3, 0.4) is 0 Å². The van der Waals surface area contributed by atoms with Crippen molar-refractivity contribution in [3.8, 4) is 0 Å². The summed E-state index contributed by atoms with van der Waals surface area (Å²) in [6.07, 6.45) is 5.70. The van der Waals surface area contributed by atoms with E-state index in [1.807, 2.05) is 0 Å². The van der Waals surface area contributed by atoms with E-state index in [9.17, 15) is 4.79 Å². The summed E-state index contributed by atoms with van der Waals surface area (Å²) in [4.78, 5) is 12.7.